The van der Waals surface area contributed by atoms with Crippen molar-refractivity contribution in [2.75, 3.05) is 0 Å². The summed E-state index contributed by atoms with van der Waals surface area (Å²) in [5, 5.41) is 0. The van der Waals surface area contributed by atoms with Crippen LogP contribution in [0.15, 0.2) is 36.2 Å². The molecule has 0 atom stereocenters. The van der Waals surface area contributed by atoms with Gasteiger partial charge >= 0.3 is 0 Å². The van der Waals surface area contributed by atoms with Gasteiger partial charge in [-0.05, 0) is 19.9 Å². The first-order valence-corrected chi connectivity index (χ1v) is 2.80. The Morgan fingerprint density at radius 3 is 2.22 bits per heavy atom. The number of hydrogen-bond donors (Lipinski definition) is 0. The predicted molar refractivity (Wildman–Crippen MR) is 38.8 cm³/mol. The lowest BCUT2D eigenvalue weighted by atomic mass is 10.3. The van der Waals surface area contributed by atoms with Crippen molar-refractivity contribution in [3.63, 3.8) is 0 Å². The lowest BCUT2D eigenvalue weighted by Gasteiger charge is -1.83. The van der Waals surface area contributed by atoms with E-state index in [1.807, 2.05) is 6.92 Å². The minimum Gasteiger partial charge on any atom is -0.212 e. The molecule has 9 heavy (non-hydrogen) atoms. The minimum atomic E-state index is -0.184. The van der Waals surface area contributed by atoms with Gasteiger partial charge in [-0.25, -0.2) is 4.39 Å². The molecule has 0 spiro atoms. The summed E-state index contributed by atoms with van der Waals surface area (Å²) in [6.07, 6.45) is 4.78. The van der Waals surface area contributed by atoms with E-state index in [0.717, 1.165) is 5.57 Å². The highest BCUT2D eigenvalue weighted by Gasteiger charge is 1.77. The van der Waals surface area contributed by atoms with Gasteiger partial charge in [0.05, 0.1) is 5.83 Å². The Kier molecular flexibility index (Phi) is 3.69. The molecule has 0 nitrogen and oxygen atoms in total. The normalized spacial score (nSPS) is 13.7. The second-order valence-corrected chi connectivity index (χ2v) is 1.87. The molecule has 0 aliphatic carbocycles. The van der Waals surface area contributed by atoms with Crippen LogP contribution in [0.2, 0.25) is 0 Å². The Hall–Kier alpha value is -0.850. The van der Waals surface area contributed by atoms with E-state index in [2.05, 4.69) is 6.58 Å². The Balaban J connectivity index is 3.98. The molecule has 50 valence electrons. The van der Waals surface area contributed by atoms with E-state index in [9.17, 15) is 4.39 Å². The number of allylic oxidation sites excluding steroid dienone is 5. The van der Waals surface area contributed by atoms with Gasteiger partial charge in [0.1, 0.15) is 0 Å². The predicted octanol–water partition coefficient (Wildman–Crippen LogP) is 2.99. The average Bonchev–Trinajstić information content (AvgIpc) is 1.83. The molecule has 0 aliphatic heterocycles. The van der Waals surface area contributed by atoms with E-state index in [-0.39, 0.29) is 5.83 Å². The fraction of sp³-hybridized carbons (Fsp3) is 0.250. The van der Waals surface area contributed by atoms with Crippen LogP contribution in [-0.2, 0) is 0 Å². The molecule has 0 radical (unpaired) electrons. The Morgan fingerprint density at radius 2 is 1.89 bits per heavy atom. The van der Waals surface area contributed by atoms with Crippen molar-refractivity contribution in [1.82, 2.24) is 0 Å². The van der Waals surface area contributed by atoms with Crippen LogP contribution in [0.4, 0.5) is 4.39 Å². The highest BCUT2D eigenvalue weighted by molar-refractivity contribution is 5.20. The molecule has 0 saturated carbocycles. The minimum absolute atomic E-state index is 0.184. The average molecular weight is 126 g/mol. The molecule has 1 heteroatoms. The summed E-state index contributed by atoms with van der Waals surface area (Å²) in [5.74, 6) is -0.184. The molecule has 0 aromatic rings. The number of halogens is 1. The standard InChI is InChI=1S/C8H11F/c1-4-7(2)5-6-8(3)9/h4-6H,1H2,2-3H3/b7-5-,8-6-. The summed E-state index contributed by atoms with van der Waals surface area (Å²) in [6.45, 7) is 6.80. The molecule has 0 aromatic heterocycles. The molecule has 0 fully saturated rings. The quantitative estimate of drug-likeness (QED) is 0.499. The fourth-order valence-electron chi connectivity index (χ4n) is 0.314. The molecule has 0 amide bonds. The van der Waals surface area contributed by atoms with Crippen molar-refractivity contribution < 1.29 is 4.39 Å². The Morgan fingerprint density at radius 1 is 1.33 bits per heavy atom. The lowest BCUT2D eigenvalue weighted by Crippen LogP contribution is -1.63. The molecule has 0 rings (SSSR count). The van der Waals surface area contributed by atoms with Crippen molar-refractivity contribution in [2.24, 2.45) is 0 Å². The van der Waals surface area contributed by atoms with Crippen LogP contribution in [0, 0.1) is 0 Å². The summed E-state index contributed by atoms with van der Waals surface area (Å²) in [5.41, 5.74) is 0.965. The van der Waals surface area contributed by atoms with Crippen molar-refractivity contribution in [3.05, 3.63) is 36.2 Å². The van der Waals surface area contributed by atoms with E-state index in [1.54, 1.807) is 12.2 Å². The van der Waals surface area contributed by atoms with Gasteiger partial charge in [-0.3, -0.25) is 0 Å². The van der Waals surface area contributed by atoms with E-state index < -0.39 is 0 Å². The van der Waals surface area contributed by atoms with Crippen LogP contribution in [-0.4, -0.2) is 0 Å². The maximum atomic E-state index is 12.0. The lowest BCUT2D eigenvalue weighted by molar-refractivity contribution is 0.640. The van der Waals surface area contributed by atoms with Gasteiger partial charge in [-0.2, -0.15) is 0 Å². The molecular weight excluding hydrogens is 115 g/mol. The first kappa shape index (κ1) is 8.15. The molecule has 0 heterocycles. The first-order chi connectivity index (χ1) is 4.16. The molecule has 0 aliphatic rings. The second kappa shape index (κ2) is 4.07. The third-order valence-electron chi connectivity index (χ3n) is 0.898. The topological polar surface area (TPSA) is 0 Å². The van der Waals surface area contributed by atoms with Gasteiger partial charge < -0.3 is 0 Å². The van der Waals surface area contributed by atoms with Gasteiger partial charge in [0.15, 0.2) is 0 Å². The summed E-state index contributed by atoms with van der Waals surface area (Å²) in [7, 11) is 0. The number of hydrogen-bond acceptors (Lipinski definition) is 0. The SMILES string of the molecule is C=C/C(C)=C\C=C(\C)F. The third kappa shape index (κ3) is 5.01. The molecule has 0 N–H and O–H groups in total. The largest absolute Gasteiger partial charge is 0.212 e. The van der Waals surface area contributed by atoms with Crippen molar-refractivity contribution >= 4 is 0 Å². The molecule has 0 bridgehead atoms. The van der Waals surface area contributed by atoms with E-state index in [4.69, 9.17) is 0 Å². The van der Waals surface area contributed by atoms with Crippen LogP contribution in [0.5, 0.6) is 0 Å². The highest BCUT2D eigenvalue weighted by Crippen LogP contribution is 1.97. The van der Waals surface area contributed by atoms with E-state index in [1.165, 1.54) is 13.0 Å². The van der Waals surface area contributed by atoms with Gasteiger partial charge in [0, 0.05) is 0 Å². The van der Waals surface area contributed by atoms with Crippen molar-refractivity contribution in [1.29, 1.82) is 0 Å². The smallest absolute Gasteiger partial charge is 0.0968 e. The van der Waals surface area contributed by atoms with Gasteiger partial charge in [-0.1, -0.05) is 24.3 Å². The molecule has 0 saturated heterocycles. The van der Waals surface area contributed by atoms with Crippen molar-refractivity contribution in [2.45, 2.75) is 13.8 Å². The summed E-state index contributed by atoms with van der Waals surface area (Å²) in [6, 6.07) is 0. The fourth-order valence-corrected chi connectivity index (χ4v) is 0.314. The zero-order valence-corrected chi connectivity index (χ0v) is 5.82. The van der Waals surface area contributed by atoms with Crippen molar-refractivity contribution in [3.8, 4) is 0 Å². The van der Waals surface area contributed by atoms with Gasteiger partial charge in [-0.15, -0.1) is 0 Å². The highest BCUT2D eigenvalue weighted by atomic mass is 19.1. The maximum Gasteiger partial charge on any atom is 0.0968 e. The van der Waals surface area contributed by atoms with Gasteiger partial charge in [0.25, 0.3) is 0 Å². The third-order valence-corrected chi connectivity index (χ3v) is 0.898. The molecule has 0 unspecified atom stereocenters. The maximum absolute atomic E-state index is 12.0. The van der Waals surface area contributed by atoms with E-state index >= 15 is 0 Å². The molecular formula is C8H11F. The second-order valence-electron chi connectivity index (χ2n) is 1.87. The number of rotatable bonds is 2. The van der Waals surface area contributed by atoms with Crippen LogP contribution < -0.4 is 0 Å². The van der Waals surface area contributed by atoms with Crippen LogP contribution in [0.1, 0.15) is 13.8 Å². The summed E-state index contributed by atoms with van der Waals surface area (Å²) in [4.78, 5) is 0. The summed E-state index contributed by atoms with van der Waals surface area (Å²) < 4.78 is 12.0. The van der Waals surface area contributed by atoms with Crippen LogP contribution in [0.3, 0.4) is 0 Å². The van der Waals surface area contributed by atoms with Crippen LogP contribution >= 0.6 is 0 Å². The summed E-state index contributed by atoms with van der Waals surface area (Å²) >= 11 is 0. The Labute approximate surface area is 55.4 Å². The molecule has 0 aromatic carbocycles. The monoisotopic (exact) mass is 126 g/mol. The Bertz CT molecular complexity index is 148. The zero-order chi connectivity index (χ0) is 7.28. The van der Waals surface area contributed by atoms with E-state index in [0.29, 0.717) is 0 Å². The van der Waals surface area contributed by atoms with Crippen LogP contribution in [0.25, 0.3) is 0 Å². The van der Waals surface area contributed by atoms with Gasteiger partial charge in [0.2, 0.25) is 0 Å². The zero-order valence-electron chi connectivity index (χ0n) is 5.82. The first-order valence-electron chi connectivity index (χ1n) is 2.80.